The average Bonchev–Trinajstić information content (AvgIpc) is 3.30. The molecule has 3 atom stereocenters. The van der Waals surface area contributed by atoms with E-state index in [1.807, 2.05) is 36.4 Å². The van der Waals surface area contributed by atoms with Gasteiger partial charge in [-0.3, -0.25) is 9.36 Å². The number of aryl methyl sites for hydroxylation is 1. The highest BCUT2D eigenvalue weighted by molar-refractivity contribution is 5.81. The van der Waals surface area contributed by atoms with E-state index in [9.17, 15) is 14.9 Å². The molecule has 1 aromatic heterocycles. The zero-order chi connectivity index (χ0) is 21.3. The molecular weight excluding hydrogens is 382 g/mol. The van der Waals surface area contributed by atoms with Gasteiger partial charge in [-0.25, -0.2) is 4.79 Å². The first-order valence-electron chi connectivity index (χ1n) is 9.81. The van der Waals surface area contributed by atoms with Gasteiger partial charge in [0.2, 0.25) is 5.91 Å². The zero-order valence-electron chi connectivity index (χ0n) is 16.6. The summed E-state index contributed by atoms with van der Waals surface area (Å²) in [4.78, 5) is 24.0. The monoisotopic (exact) mass is 405 g/mol. The lowest BCUT2D eigenvalue weighted by Crippen LogP contribution is -2.45. The molecule has 154 valence electrons. The van der Waals surface area contributed by atoms with E-state index < -0.39 is 11.8 Å². The molecule has 1 fully saturated rings. The molecule has 0 saturated carbocycles. The first-order valence-corrected chi connectivity index (χ1v) is 9.81. The molecule has 0 aliphatic carbocycles. The predicted octanol–water partition coefficient (Wildman–Crippen LogP) is 0.896. The van der Waals surface area contributed by atoms with Crippen LogP contribution in [0.1, 0.15) is 5.56 Å². The van der Waals surface area contributed by atoms with Gasteiger partial charge in [-0.1, -0.05) is 30.3 Å². The van der Waals surface area contributed by atoms with Crippen molar-refractivity contribution in [2.24, 2.45) is 18.7 Å². The van der Waals surface area contributed by atoms with Gasteiger partial charge in [0.25, 0.3) is 0 Å². The molecule has 0 unspecified atom stereocenters. The van der Waals surface area contributed by atoms with Gasteiger partial charge in [0.15, 0.2) is 5.58 Å². The van der Waals surface area contributed by atoms with Crippen LogP contribution in [-0.2, 0) is 18.3 Å². The van der Waals surface area contributed by atoms with E-state index in [1.54, 1.807) is 13.1 Å². The Morgan fingerprint density at radius 1 is 1.30 bits per heavy atom. The second-order valence-electron chi connectivity index (χ2n) is 7.63. The SMILES string of the molecule is Cn1c(=O)oc2ccc(-c3ccc(C[C@@H](C#N)NC(=O)[C@H]4CNC[C@H]4N)cc3)cc21. The molecule has 0 radical (unpaired) electrons. The lowest BCUT2D eigenvalue weighted by atomic mass is 9.99. The van der Waals surface area contributed by atoms with Gasteiger partial charge in [-0.2, -0.15) is 5.26 Å². The van der Waals surface area contributed by atoms with Crippen molar-refractivity contribution in [3.8, 4) is 17.2 Å². The topological polar surface area (TPSA) is 126 Å². The van der Waals surface area contributed by atoms with Gasteiger partial charge < -0.3 is 20.8 Å². The number of nitrogens with zero attached hydrogens (tertiary/aromatic N) is 2. The van der Waals surface area contributed by atoms with Crippen LogP contribution in [0.3, 0.4) is 0 Å². The number of nitriles is 1. The van der Waals surface area contributed by atoms with E-state index in [0.717, 1.165) is 22.2 Å². The largest absolute Gasteiger partial charge is 0.419 e. The van der Waals surface area contributed by atoms with Crippen LogP contribution in [0, 0.1) is 17.2 Å². The molecule has 1 amide bonds. The van der Waals surface area contributed by atoms with E-state index in [1.165, 1.54) is 4.57 Å². The summed E-state index contributed by atoms with van der Waals surface area (Å²) in [5.41, 5.74) is 10.1. The second kappa shape index (κ2) is 8.14. The van der Waals surface area contributed by atoms with Crippen LogP contribution >= 0.6 is 0 Å². The Labute approximate surface area is 173 Å². The number of rotatable bonds is 5. The van der Waals surface area contributed by atoms with Crippen molar-refractivity contribution in [3.05, 3.63) is 58.6 Å². The van der Waals surface area contributed by atoms with E-state index in [-0.39, 0.29) is 17.9 Å². The fourth-order valence-corrected chi connectivity index (χ4v) is 3.77. The van der Waals surface area contributed by atoms with E-state index in [4.69, 9.17) is 10.2 Å². The smallest absolute Gasteiger partial charge is 0.408 e. The molecule has 2 aromatic carbocycles. The molecule has 1 aliphatic rings. The van der Waals surface area contributed by atoms with Gasteiger partial charge in [0.05, 0.1) is 17.5 Å². The molecule has 4 rings (SSSR count). The number of benzene rings is 2. The van der Waals surface area contributed by atoms with Crippen LogP contribution in [0.2, 0.25) is 0 Å². The Kier molecular flexibility index (Phi) is 5.40. The Bertz CT molecular complexity index is 1170. The Morgan fingerprint density at radius 2 is 2.03 bits per heavy atom. The Hall–Kier alpha value is -3.41. The van der Waals surface area contributed by atoms with Gasteiger partial charge in [-0.05, 0) is 28.8 Å². The minimum Gasteiger partial charge on any atom is -0.408 e. The van der Waals surface area contributed by atoms with Gasteiger partial charge in [0.1, 0.15) is 6.04 Å². The number of nitrogens with two attached hydrogens (primary N) is 1. The third-order valence-corrected chi connectivity index (χ3v) is 5.59. The van der Waals surface area contributed by atoms with Crippen molar-refractivity contribution < 1.29 is 9.21 Å². The molecule has 1 aliphatic heterocycles. The fraction of sp³-hybridized carbons (Fsp3) is 0.318. The van der Waals surface area contributed by atoms with Crippen molar-refractivity contribution in [3.63, 3.8) is 0 Å². The lowest BCUT2D eigenvalue weighted by Gasteiger charge is -2.17. The maximum atomic E-state index is 12.4. The number of oxazole rings is 1. The maximum Gasteiger partial charge on any atom is 0.419 e. The highest BCUT2D eigenvalue weighted by Crippen LogP contribution is 2.24. The Balaban J connectivity index is 1.46. The lowest BCUT2D eigenvalue weighted by molar-refractivity contribution is -0.125. The van der Waals surface area contributed by atoms with E-state index in [0.29, 0.717) is 25.1 Å². The summed E-state index contributed by atoms with van der Waals surface area (Å²) >= 11 is 0. The summed E-state index contributed by atoms with van der Waals surface area (Å²) in [6, 6.07) is 14.7. The third-order valence-electron chi connectivity index (χ3n) is 5.59. The van der Waals surface area contributed by atoms with Crippen LogP contribution in [-0.4, -0.2) is 35.6 Å². The number of nitrogens with one attached hydrogen (secondary N) is 2. The van der Waals surface area contributed by atoms with Crippen LogP contribution < -0.4 is 22.1 Å². The fourth-order valence-electron chi connectivity index (χ4n) is 3.77. The van der Waals surface area contributed by atoms with Crippen LogP contribution in [0.4, 0.5) is 0 Å². The number of hydrogen-bond acceptors (Lipinski definition) is 6. The van der Waals surface area contributed by atoms with Crippen molar-refractivity contribution in [2.45, 2.75) is 18.5 Å². The molecule has 30 heavy (non-hydrogen) atoms. The molecule has 8 nitrogen and oxygen atoms in total. The van der Waals surface area contributed by atoms with Crippen LogP contribution in [0.15, 0.2) is 51.7 Å². The van der Waals surface area contributed by atoms with Crippen molar-refractivity contribution in [2.75, 3.05) is 13.1 Å². The first-order chi connectivity index (χ1) is 14.5. The molecular formula is C22H23N5O3. The van der Waals surface area contributed by atoms with E-state index >= 15 is 0 Å². The molecule has 1 saturated heterocycles. The van der Waals surface area contributed by atoms with Crippen molar-refractivity contribution in [1.82, 2.24) is 15.2 Å². The molecule has 8 heteroatoms. The number of carbonyl (C=O) groups is 1. The number of carbonyl (C=O) groups excluding carboxylic acids is 1. The molecule has 0 bridgehead atoms. The normalized spacial score (nSPS) is 19.5. The maximum absolute atomic E-state index is 12.4. The van der Waals surface area contributed by atoms with Crippen molar-refractivity contribution >= 4 is 17.0 Å². The van der Waals surface area contributed by atoms with Gasteiger partial charge in [0, 0.05) is 32.6 Å². The number of aromatic nitrogens is 1. The molecule has 2 heterocycles. The summed E-state index contributed by atoms with van der Waals surface area (Å²) in [6.07, 6.45) is 0.410. The number of amides is 1. The quantitative estimate of drug-likeness (QED) is 0.579. The summed E-state index contributed by atoms with van der Waals surface area (Å²) in [7, 11) is 1.67. The van der Waals surface area contributed by atoms with Gasteiger partial charge in [-0.15, -0.1) is 0 Å². The highest BCUT2D eigenvalue weighted by Gasteiger charge is 2.31. The number of fused-ring (bicyclic) bond motifs is 1. The standard InChI is InChI=1S/C22H23N5O3/c1-27-19-9-15(6-7-20(19)30-22(27)29)14-4-2-13(3-5-14)8-16(10-23)26-21(28)17-11-25-12-18(17)24/h2-7,9,16-18,25H,8,11-12,24H2,1H3,(H,26,28)/t16-,17-,18+/m0/s1. The van der Waals surface area contributed by atoms with Gasteiger partial charge >= 0.3 is 5.76 Å². The predicted molar refractivity (Wildman–Crippen MR) is 112 cm³/mol. The highest BCUT2D eigenvalue weighted by atomic mass is 16.4. The molecule has 4 N–H and O–H groups in total. The average molecular weight is 405 g/mol. The summed E-state index contributed by atoms with van der Waals surface area (Å²) in [5, 5.41) is 15.3. The minimum absolute atomic E-state index is 0.185. The molecule has 3 aromatic rings. The Morgan fingerprint density at radius 3 is 2.70 bits per heavy atom. The zero-order valence-corrected chi connectivity index (χ0v) is 16.6. The third kappa shape index (κ3) is 3.85. The van der Waals surface area contributed by atoms with Crippen molar-refractivity contribution in [1.29, 1.82) is 5.26 Å². The second-order valence-corrected chi connectivity index (χ2v) is 7.63. The van der Waals surface area contributed by atoms with Crippen LogP contribution in [0.25, 0.3) is 22.2 Å². The number of hydrogen-bond donors (Lipinski definition) is 3. The van der Waals surface area contributed by atoms with Crippen LogP contribution in [0.5, 0.6) is 0 Å². The summed E-state index contributed by atoms with van der Waals surface area (Å²) in [6.45, 7) is 1.14. The summed E-state index contributed by atoms with van der Waals surface area (Å²) < 4.78 is 6.64. The summed E-state index contributed by atoms with van der Waals surface area (Å²) in [5.74, 6) is -0.886. The van der Waals surface area contributed by atoms with E-state index in [2.05, 4.69) is 16.7 Å². The molecule has 0 spiro atoms. The minimum atomic E-state index is -0.618. The first kappa shape index (κ1) is 19.9.